The van der Waals surface area contributed by atoms with E-state index < -0.39 is 17.6 Å². The number of phenolic OH excluding ortho intramolecular Hbond substituents is 1. The highest BCUT2D eigenvalue weighted by atomic mass is 19.1. The van der Waals surface area contributed by atoms with Gasteiger partial charge < -0.3 is 5.11 Å². The number of amides is 2. The molecule has 21 heavy (non-hydrogen) atoms. The summed E-state index contributed by atoms with van der Waals surface area (Å²) in [6.07, 6.45) is -0.0575. The van der Waals surface area contributed by atoms with E-state index in [2.05, 4.69) is 10.9 Å². The fourth-order valence-electron chi connectivity index (χ4n) is 1.72. The van der Waals surface area contributed by atoms with E-state index in [4.69, 9.17) is 0 Å². The topological polar surface area (TPSA) is 78.4 Å². The largest absolute Gasteiger partial charge is 0.508 e. The van der Waals surface area contributed by atoms with Gasteiger partial charge in [-0.3, -0.25) is 20.4 Å². The number of benzene rings is 2. The summed E-state index contributed by atoms with van der Waals surface area (Å²) in [5.41, 5.74) is 5.15. The molecule has 2 amide bonds. The maximum absolute atomic E-state index is 13.0. The molecule has 0 aliphatic rings. The Hall–Kier alpha value is -2.89. The molecule has 0 atom stereocenters. The lowest BCUT2D eigenvalue weighted by atomic mass is 10.1. The van der Waals surface area contributed by atoms with Crippen molar-refractivity contribution in [1.29, 1.82) is 0 Å². The van der Waals surface area contributed by atoms with Crippen LogP contribution in [0.25, 0.3) is 0 Å². The lowest BCUT2D eigenvalue weighted by Gasteiger charge is -2.07. The molecule has 6 heteroatoms. The van der Waals surface area contributed by atoms with Gasteiger partial charge in [-0.2, -0.15) is 0 Å². The Morgan fingerprint density at radius 2 is 1.81 bits per heavy atom. The summed E-state index contributed by atoms with van der Waals surface area (Å²) >= 11 is 0. The highest BCUT2D eigenvalue weighted by Gasteiger charge is 2.08. The second-order valence-electron chi connectivity index (χ2n) is 4.36. The van der Waals surface area contributed by atoms with E-state index in [9.17, 15) is 19.1 Å². The van der Waals surface area contributed by atoms with Crippen molar-refractivity contribution in [2.24, 2.45) is 0 Å². The SMILES string of the molecule is O=C(Cc1cccc(F)c1)NNC(=O)c1cccc(O)c1. The molecule has 0 heterocycles. The molecule has 0 radical (unpaired) electrons. The number of phenols is 1. The molecule has 2 rings (SSSR count). The van der Waals surface area contributed by atoms with Crippen LogP contribution in [0.15, 0.2) is 48.5 Å². The van der Waals surface area contributed by atoms with E-state index in [1.54, 1.807) is 6.07 Å². The summed E-state index contributed by atoms with van der Waals surface area (Å²) in [5, 5.41) is 9.26. The van der Waals surface area contributed by atoms with Crippen LogP contribution in [-0.2, 0) is 11.2 Å². The Morgan fingerprint density at radius 3 is 2.52 bits per heavy atom. The number of hydrogen-bond acceptors (Lipinski definition) is 3. The van der Waals surface area contributed by atoms with Gasteiger partial charge in [-0.05, 0) is 35.9 Å². The van der Waals surface area contributed by atoms with Crippen LogP contribution in [-0.4, -0.2) is 16.9 Å². The van der Waals surface area contributed by atoms with Crippen LogP contribution in [0.5, 0.6) is 5.75 Å². The van der Waals surface area contributed by atoms with Gasteiger partial charge in [-0.25, -0.2) is 4.39 Å². The first-order valence-corrected chi connectivity index (χ1v) is 6.17. The molecule has 0 saturated carbocycles. The Balaban J connectivity index is 1.88. The van der Waals surface area contributed by atoms with Crippen LogP contribution >= 0.6 is 0 Å². The second-order valence-corrected chi connectivity index (χ2v) is 4.36. The van der Waals surface area contributed by atoms with E-state index >= 15 is 0 Å². The summed E-state index contributed by atoms with van der Waals surface area (Å²) in [7, 11) is 0. The molecule has 108 valence electrons. The predicted molar refractivity (Wildman–Crippen MR) is 73.8 cm³/mol. The monoisotopic (exact) mass is 288 g/mol. The van der Waals surface area contributed by atoms with Gasteiger partial charge in [0.25, 0.3) is 5.91 Å². The number of nitrogens with one attached hydrogen (secondary N) is 2. The quantitative estimate of drug-likeness (QED) is 0.750. The summed E-state index contributed by atoms with van der Waals surface area (Å²) in [4.78, 5) is 23.3. The number of carbonyl (C=O) groups is 2. The zero-order valence-electron chi connectivity index (χ0n) is 11.0. The molecular formula is C15H13FN2O3. The van der Waals surface area contributed by atoms with Crippen LogP contribution in [0, 0.1) is 5.82 Å². The molecule has 0 aliphatic carbocycles. The number of hydrogen-bond donors (Lipinski definition) is 3. The van der Waals surface area contributed by atoms with Gasteiger partial charge in [0.1, 0.15) is 11.6 Å². The van der Waals surface area contributed by atoms with Crippen LogP contribution in [0.4, 0.5) is 4.39 Å². The summed E-state index contributed by atoms with van der Waals surface area (Å²) in [6.45, 7) is 0. The first-order valence-electron chi connectivity index (χ1n) is 6.17. The molecule has 2 aromatic rings. The Labute approximate surface area is 120 Å². The first kappa shape index (κ1) is 14.5. The maximum Gasteiger partial charge on any atom is 0.269 e. The van der Waals surface area contributed by atoms with E-state index in [0.717, 1.165) is 0 Å². The fourth-order valence-corrected chi connectivity index (χ4v) is 1.72. The normalized spacial score (nSPS) is 9.95. The summed E-state index contributed by atoms with van der Waals surface area (Å²) in [6, 6.07) is 11.4. The maximum atomic E-state index is 13.0. The van der Waals surface area contributed by atoms with Crippen LogP contribution in [0.3, 0.4) is 0 Å². The van der Waals surface area contributed by atoms with Crippen LogP contribution in [0.1, 0.15) is 15.9 Å². The minimum absolute atomic E-state index is 0.0475. The summed E-state index contributed by atoms with van der Waals surface area (Å²) < 4.78 is 13.0. The van der Waals surface area contributed by atoms with Gasteiger partial charge in [0.15, 0.2) is 0 Å². The predicted octanol–water partition coefficient (Wildman–Crippen LogP) is 1.53. The van der Waals surface area contributed by atoms with Gasteiger partial charge in [0.2, 0.25) is 5.91 Å². The molecule has 0 unspecified atom stereocenters. The number of rotatable bonds is 3. The highest BCUT2D eigenvalue weighted by molar-refractivity contribution is 5.95. The minimum atomic E-state index is -0.557. The fraction of sp³-hybridized carbons (Fsp3) is 0.0667. The molecule has 0 saturated heterocycles. The third kappa shape index (κ3) is 4.31. The second kappa shape index (κ2) is 6.51. The average Bonchev–Trinajstić information content (AvgIpc) is 2.45. The Kier molecular flexibility index (Phi) is 4.50. The molecule has 0 spiro atoms. The van der Waals surface area contributed by atoms with Crippen LogP contribution < -0.4 is 10.9 Å². The molecular weight excluding hydrogens is 275 g/mol. The third-order valence-electron chi connectivity index (χ3n) is 2.68. The zero-order valence-corrected chi connectivity index (χ0v) is 11.0. The Morgan fingerprint density at radius 1 is 1.05 bits per heavy atom. The molecule has 3 N–H and O–H groups in total. The van der Waals surface area contributed by atoms with Gasteiger partial charge in [-0.15, -0.1) is 0 Å². The zero-order chi connectivity index (χ0) is 15.2. The van der Waals surface area contributed by atoms with Crippen molar-refractivity contribution in [3.8, 4) is 5.75 Å². The Bertz CT molecular complexity index is 673. The van der Waals surface area contributed by atoms with Gasteiger partial charge in [-0.1, -0.05) is 18.2 Å². The van der Waals surface area contributed by atoms with Crippen molar-refractivity contribution in [2.75, 3.05) is 0 Å². The summed E-state index contributed by atoms with van der Waals surface area (Å²) in [5.74, 6) is -1.51. The first-order chi connectivity index (χ1) is 10.0. The lowest BCUT2D eigenvalue weighted by molar-refractivity contribution is -0.121. The van der Waals surface area contributed by atoms with Gasteiger partial charge >= 0.3 is 0 Å². The highest BCUT2D eigenvalue weighted by Crippen LogP contribution is 2.10. The average molecular weight is 288 g/mol. The number of halogens is 1. The van der Waals surface area contributed by atoms with Crippen molar-refractivity contribution in [3.63, 3.8) is 0 Å². The molecule has 0 fully saturated rings. The standard InChI is InChI=1S/C15H13FN2O3/c16-12-5-1-3-10(7-12)8-14(20)17-18-15(21)11-4-2-6-13(19)9-11/h1-7,9,19H,8H2,(H,17,20)(H,18,21). The number of carbonyl (C=O) groups excluding carboxylic acids is 2. The molecule has 2 aromatic carbocycles. The van der Waals surface area contributed by atoms with E-state index in [0.29, 0.717) is 5.56 Å². The molecule has 0 aromatic heterocycles. The lowest BCUT2D eigenvalue weighted by Crippen LogP contribution is -2.42. The van der Waals surface area contributed by atoms with E-state index in [1.165, 1.54) is 42.5 Å². The van der Waals surface area contributed by atoms with Crippen molar-refractivity contribution in [2.45, 2.75) is 6.42 Å². The van der Waals surface area contributed by atoms with Gasteiger partial charge in [0, 0.05) is 5.56 Å². The molecule has 5 nitrogen and oxygen atoms in total. The van der Waals surface area contributed by atoms with Crippen molar-refractivity contribution in [1.82, 2.24) is 10.9 Å². The molecule has 0 aliphatic heterocycles. The van der Waals surface area contributed by atoms with E-state index in [-0.39, 0.29) is 17.7 Å². The van der Waals surface area contributed by atoms with Gasteiger partial charge in [0.05, 0.1) is 6.42 Å². The van der Waals surface area contributed by atoms with Crippen molar-refractivity contribution >= 4 is 11.8 Å². The van der Waals surface area contributed by atoms with Crippen molar-refractivity contribution < 1.29 is 19.1 Å². The number of aromatic hydroxyl groups is 1. The smallest absolute Gasteiger partial charge is 0.269 e. The number of hydrazine groups is 1. The minimum Gasteiger partial charge on any atom is -0.508 e. The van der Waals surface area contributed by atoms with Crippen molar-refractivity contribution in [3.05, 3.63) is 65.5 Å². The van der Waals surface area contributed by atoms with Crippen LogP contribution in [0.2, 0.25) is 0 Å². The van der Waals surface area contributed by atoms with E-state index in [1.807, 2.05) is 0 Å². The molecule has 0 bridgehead atoms. The third-order valence-corrected chi connectivity index (χ3v) is 2.68.